The van der Waals surface area contributed by atoms with Crippen molar-refractivity contribution >= 4 is 0 Å². The summed E-state index contributed by atoms with van der Waals surface area (Å²) in [7, 11) is 0. The Hall–Kier alpha value is -0.270. The molecule has 2 aliphatic rings. The summed E-state index contributed by atoms with van der Waals surface area (Å²) in [6.45, 7) is 8.13. The lowest BCUT2D eigenvalue weighted by atomic mass is 10.2. The fourth-order valence-electron chi connectivity index (χ4n) is 2.15. The highest BCUT2D eigenvalue weighted by Crippen LogP contribution is 2.35. The zero-order chi connectivity index (χ0) is 13.6. The number of rotatable bonds is 1. The van der Waals surface area contributed by atoms with Crippen molar-refractivity contribution in [2.75, 3.05) is 6.67 Å². The fourth-order valence-corrected chi connectivity index (χ4v) is 2.15. The van der Waals surface area contributed by atoms with Crippen LogP contribution in [0.1, 0.15) is 34.6 Å². The molecule has 0 N–H and O–H groups in total. The third-order valence-corrected chi connectivity index (χ3v) is 2.88. The lowest BCUT2D eigenvalue weighted by molar-refractivity contribution is -0.357. The molecule has 6 heteroatoms. The van der Waals surface area contributed by atoms with E-state index in [0.29, 0.717) is 0 Å². The van der Waals surface area contributed by atoms with E-state index in [9.17, 15) is 4.39 Å². The molecule has 0 radical (unpaired) electrons. The van der Waals surface area contributed by atoms with Gasteiger partial charge in [-0.15, -0.1) is 0 Å². The van der Waals surface area contributed by atoms with Crippen LogP contribution in [0.5, 0.6) is 0 Å². The minimum atomic E-state index is -0.886. The summed E-state index contributed by atoms with van der Waals surface area (Å²) in [5, 5.41) is 0. The van der Waals surface area contributed by atoms with E-state index in [1.165, 1.54) is 0 Å². The molecule has 2 heterocycles. The average Bonchev–Trinajstić information content (AvgIpc) is 2.45. The van der Waals surface area contributed by atoms with Crippen LogP contribution in [0.2, 0.25) is 0 Å². The highest BCUT2D eigenvalue weighted by Gasteiger charge is 2.49. The minimum Gasteiger partial charge on any atom is -0.345 e. The van der Waals surface area contributed by atoms with Crippen molar-refractivity contribution in [3.63, 3.8) is 0 Å². The van der Waals surface area contributed by atoms with Gasteiger partial charge in [-0.1, -0.05) is 0 Å². The van der Waals surface area contributed by atoms with Crippen LogP contribution in [0, 0.1) is 0 Å². The Kier molecular flexibility index (Phi) is 3.68. The third-order valence-electron chi connectivity index (χ3n) is 2.88. The summed E-state index contributed by atoms with van der Waals surface area (Å²) in [6, 6.07) is 0. The Morgan fingerprint density at radius 1 is 0.889 bits per heavy atom. The molecule has 2 aliphatic heterocycles. The molecule has 0 bridgehead atoms. The quantitative estimate of drug-likeness (QED) is 0.724. The first kappa shape index (κ1) is 14.1. The maximum absolute atomic E-state index is 13.0. The number of alkyl halides is 1. The Balaban J connectivity index is 2.19. The average molecular weight is 264 g/mol. The number of halogens is 1. The second-order valence-electron chi connectivity index (χ2n) is 5.54. The second kappa shape index (κ2) is 4.68. The maximum Gasteiger partial charge on any atom is 0.214 e. The molecule has 2 rings (SSSR count). The highest BCUT2D eigenvalue weighted by atomic mass is 19.1. The lowest BCUT2D eigenvalue weighted by Crippen LogP contribution is -2.49. The first-order valence-electron chi connectivity index (χ1n) is 6.15. The topological polar surface area (TPSA) is 46.2 Å². The van der Waals surface area contributed by atoms with Crippen LogP contribution < -0.4 is 0 Å². The predicted octanol–water partition coefficient (Wildman–Crippen LogP) is 1.95. The van der Waals surface area contributed by atoms with Gasteiger partial charge in [0.1, 0.15) is 12.8 Å². The van der Waals surface area contributed by atoms with Crippen LogP contribution >= 0.6 is 0 Å². The fraction of sp³-hybridized carbons (Fsp3) is 1.00. The molecule has 2 saturated heterocycles. The number of ether oxygens (including phenoxy) is 5. The molecule has 4 atom stereocenters. The molecule has 0 aromatic heterocycles. The summed E-state index contributed by atoms with van der Waals surface area (Å²) >= 11 is 0. The van der Waals surface area contributed by atoms with Crippen LogP contribution in [0.3, 0.4) is 0 Å². The molecular weight excluding hydrogens is 243 g/mol. The van der Waals surface area contributed by atoms with Gasteiger partial charge in [0.2, 0.25) is 12.6 Å². The van der Waals surface area contributed by atoms with Crippen molar-refractivity contribution in [1.82, 2.24) is 0 Å². The summed E-state index contributed by atoms with van der Waals surface area (Å²) < 4.78 is 41.0. The van der Waals surface area contributed by atoms with Gasteiger partial charge in [-0.25, -0.2) is 4.39 Å². The van der Waals surface area contributed by atoms with E-state index in [1.807, 2.05) is 0 Å². The molecule has 0 aliphatic carbocycles. The molecule has 0 spiro atoms. The van der Waals surface area contributed by atoms with E-state index < -0.39 is 43.0 Å². The number of hydrogen-bond acceptors (Lipinski definition) is 5. The highest BCUT2D eigenvalue weighted by molar-refractivity contribution is 4.78. The lowest BCUT2D eigenvalue weighted by Gasteiger charge is -2.38. The molecule has 5 nitrogen and oxygen atoms in total. The van der Waals surface area contributed by atoms with Gasteiger partial charge < -0.3 is 23.7 Å². The van der Waals surface area contributed by atoms with E-state index in [0.717, 1.165) is 0 Å². The Morgan fingerprint density at radius 3 is 1.94 bits per heavy atom. The van der Waals surface area contributed by atoms with Crippen LogP contribution in [0.15, 0.2) is 0 Å². The van der Waals surface area contributed by atoms with E-state index >= 15 is 0 Å². The molecule has 2 fully saturated rings. The number of fused-ring (bicyclic) bond motifs is 1. The summed E-state index contributed by atoms with van der Waals surface area (Å²) in [6.07, 6.45) is -2.60. The van der Waals surface area contributed by atoms with Crippen molar-refractivity contribution in [3.8, 4) is 0 Å². The first-order valence-corrected chi connectivity index (χ1v) is 6.15. The van der Waals surface area contributed by atoms with Gasteiger partial charge in [0.05, 0.1) is 6.10 Å². The summed E-state index contributed by atoms with van der Waals surface area (Å²) in [5.74, 6) is -1.71. The van der Waals surface area contributed by atoms with Crippen molar-refractivity contribution in [2.45, 2.75) is 71.0 Å². The SMILES string of the molecule is C[C@H]1OC(C)(C)O[C@@H]2OC(C)(C)OC2OC1CF. The Labute approximate surface area is 106 Å². The molecule has 106 valence electrons. The molecule has 18 heavy (non-hydrogen) atoms. The molecule has 0 aromatic carbocycles. The van der Waals surface area contributed by atoms with Crippen LogP contribution in [-0.4, -0.2) is 43.0 Å². The van der Waals surface area contributed by atoms with Gasteiger partial charge in [-0.2, -0.15) is 0 Å². The Morgan fingerprint density at radius 2 is 1.39 bits per heavy atom. The largest absolute Gasteiger partial charge is 0.345 e. The van der Waals surface area contributed by atoms with Gasteiger partial charge in [-0.3, -0.25) is 0 Å². The molecule has 0 saturated carbocycles. The second-order valence-corrected chi connectivity index (χ2v) is 5.54. The van der Waals surface area contributed by atoms with Gasteiger partial charge in [0.15, 0.2) is 11.6 Å². The van der Waals surface area contributed by atoms with E-state index in [2.05, 4.69) is 0 Å². The standard InChI is InChI=1S/C12H21FO5/c1-7-8(6-13)14-9-10(17-11(2,3)15-7)18-12(4,5)16-9/h7-10H,6H2,1-5H3/t7-,8?,9?,10-/m1/s1. The summed E-state index contributed by atoms with van der Waals surface area (Å²) in [5.41, 5.74) is 0. The van der Waals surface area contributed by atoms with Crippen LogP contribution in [-0.2, 0) is 23.7 Å². The van der Waals surface area contributed by atoms with E-state index in [4.69, 9.17) is 23.7 Å². The zero-order valence-electron chi connectivity index (χ0n) is 11.4. The Bertz CT molecular complexity index is 307. The van der Waals surface area contributed by atoms with Gasteiger partial charge in [0, 0.05) is 0 Å². The van der Waals surface area contributed by atoms with Gasteiger partial charge in [0.25, 0.3) is 0 Å². The maximum atomic E-state index is 13.0. The molecule has 0 amide bonds. The van der Waals surface area contributed by atoms with Crippen molar-refractivity contribution < 1.29 is 28.1 Å². The molecular formula is C12H21FO5. The third kappa shape index (κ3) is 3.00. The minimum absolute atomic E-state index is 0.432. The molecule has 0 aromatic rings. The normalized spacial score (nSPS) is 43.0. The van der Waals surface area contributed by atoms with Gasteiger partial charge in [-0.05, 0) is 34.6 Å². The van der Waals surface area contributed by atoms with Crippen molar-refractivity contribution in [3.05, 3.63) is 0 Å². The molecule has 2 unspecified atom stereocenters. The smallest absolute Gasteiger partial charge is 0.214 e. The van der Waals surface area contributed by atoms with Crippen LogP contribution in [0.4, 0.5) is 4.39 Å². The van der Waals surface area contributed by atoms with Crippen LogP contribution in [0.25, 0.3) is 0 Å². The monoisotopic (exact) mass is 264 g/mol. The van der Waals surface area contributed by atoms with E-state index in [-0.39, 0.29) is 0 Å². The first-order chi connectivity index (χ1) is 8.22. The van der Waals surface area contributed by atoms with Crippen molar-refractivity contribution in [2.24, 2.45) is 0 Å². The van der Waals surface area contributed by atoms with Crippen molar-refractivity contribution in [1.29, 1.82) is 0 Å². The number of hydrogen-bond donors (Lipinski definition) is 0. The predicted molar refractivity (Wildman–Crippen MR) is 60.4 cm³/mol. The van der Waals surface area contributed by atoms with E-state index in [1.54, 1.807) is 34.6 Å². The van der Waals surface area contributed by atoms with Gasteiger partial charge >= 0.3 is 0 Å². The zero-order valence-corrected chi connectivity index (χ0v) is 11.4. The summed E-state index contributed by atoms with van der Waals surface area (Å²) in [4.78, 5) is 0.